The second kappa shape index (κ2) is 7.22. The van der Waals surface area contributed by atoms with E-state index >= 15 is 0 Å². The van der Waals surface area contributed by atoms with E-state index in [2.05, 4.69) is 10.6 Å². The molecule has 0 spiro atoms. The Morgan fingerprint density at radius 3 is 2.00 bits per heavy atom. The van der Waals surface area contributed by atoms with Crippen molar-refractivity contribution in [1.82, 2.24) is 0 Å². The van der Waals surface area contributed by atoms with Crippen LogP contribution >= 0.6 is 0 Å². The molecule has 0 aliphatic carbocycles. The van der Waals surface area contributed by atoms with Gasteiger partial charge >= 0.3 is 0 Å². The van der Waals surface area contributed by atoms with Crippen LogP contribution in [0, 0.1) is 5.41 Å². The Hall–Kier alpha value is -1.88. The number of amides is 2. The van der Waals surface area contributed by atoms with Gasteiger partial charge in [0.15, 0.2) is 0 Å². The third kappa shape index (κ3) is 5.55. The lowest BCUT2D eigenvalue weighted by atomic mass is 9.95. The molecule has 0 aliphatic rings. The number of hydrogen-bond acceptors (Lipinski definition) is 3. The van der Waals surface area contributed by atoms with E-state index in [4.69, 9.17) is 5.73 Å². The van der Waals surface area contributed by atoms with Crippen molar-refractivity contribution in [1.29, 1.82) is 0 Å². The third-order valence-corrected chi connectivity index (χ3v) is 3.03. The maximum Gasteiger partial charge on any atom is 0.241 e. The highest BCUT2D eigenvalue weighted by Gasteiger charge is 2.21. The van der Waals surface area contributed by atoms with Crippen molar-refractivity contribution in [3.63, 3.8) is 0 Å². The summed E-state index contributed by atoms with van der Waals surface area (Å²) in [4.78, 5) is 23.7. The molecule has 5 nitrogen and oxygen atoms in total. The standard InChI is InChI=1S/C16H25N3O2/c1-5-6-13(17)14(20)18-11-7-9-12(10-8-11)19-15(21)16(2,3)4/h7-10,13H,5-6,17H2,1-4H3,(H,18,20)(H,19,21). The van der Waals surface area contributed by atoms with Gasteiger partial charge in [-0.25, -0.2) is 0 Å². The first-order valence-electron chi connectivity index (χ1n) is 7.22. The van der Waals surface area contributed by atoms with Crippen LogP contribution in [0.3, 0.4) is 0 Å². The van der Waals surface area contributed by atoms with Gasteiger partial charge in [-0.3, -0.25) is 9.59 Å². The molecule has 1 unspecified atom stereocenters. The SMILES string of the molecule is CCCC(N)C(=O)Nc1ccc(NC(=O)C(C)(C)C)cc1. The van der Waals surface area contributed by atoms with Crippen LogP contribution in [-0.4, -0.2) is 17.9 Å². The van der Waals surface area contributed by atoms with Gasteiger partial charge in [0.25, 0.3) is 0 Å². The molecule has 1 aromatic carbocycles. The van der Waals surface area contributed by atoms with Crippen molar-refractivity contribution in [3.8, 4) is 0 Å². The van der Waals surface area contributed by atoms with Gasteiger partial charge in [-0.2, -0.15) is 0 Å². The molecule has 21 heavy (non-hydrogen) atoms. The summed E-state index contributed by atoms with van der Waals surface area (Å²) in [7, 11) is 0. The summed E-state index contributed by atoms with van der Waals surface area (Å²) in [5.41, 5.74) is 6.67. The first kappa shape index (κ1) is 17.2. The normalized spacial score (nSPS) is 12.6. The van der Waals surface area contributed by atoms with Crippen molar-refractivity contribution >= 4 is 23.2 Å². The fourth-order valence-corrected chi connectivity index (χ4v) is 1.63. The van der Waals surface area contributed by atoms with Gasteiger partial charge in [-0.15, -0.1) is 0 Å². The zero-order chi connectivity index (χ0) is 16.0. The van der Waals surface area contributed by atoms with E-state index in [9.17, 15) is 9.59 Å². The molecule has 1 aromatic rings. The second-order valence-electron chi connectivity index (χ2n) is 6.17. The molecular formula is C16H25N3O2. The molecule has 0 radical (unpaired) electrons. The van der Waals surface area contributed by atoms with E-state index in [1.165, 1.54) is 0 Å². The zero-order valence-corrected chi connectivity index (χ0v) is 13.2. The molecule has 0 bridgehead atoms. The molecule has 2 amide bonds. The Labute approximate surface area is 126 Å². The van der Waals surface area contributed by atoms with Crippen LogP contribution in [0.4, 0.5) is 11.4 Å². The zero-order valence-electron chi connectivity index (χ0n) is 13.2. The lowest BCUT2D eigenvalue weighted by Gasteiger charge is -2.18. The first-order valence-corrected chi connectivity index (χ1v) is 7.22. The van der Waals surface area contributed by atoms with E-state index < -0.39 is 11.5 Å². The van der Waals surface area contributed by atoms with Gasteiger partial charge in [-0.05, 0) is 30.7 Å². The van der Waals surface area contributed by atoms with Crippen LogP contribution in [-0.2, 0) is 9.59 Å². The lowest BCUT2D eigenvalue weighted by molar-refractivity contribution is -0.123. The monoisotopic (exact) mass is 291 g/mol. The lowest BCUT2D eigenvalue weighted by Crippen LogP contribution is -2.35. The van der Waals surface area contributed by atoms with E-state index in [0.717, 1.165) is 6.42 Å². The molecule has 0 aliphatic heterocycles. The summed E-state index contributed by atoms with van der Waals surface area (Å²) < 4.78 is 0. The first-order chi connectivity index (χ1) is 9.74. The minimum absolute atomic E-state index is 0.0516. The predicted octanol–water partition coefficient (Wildman–Crippen LogP) is 2.74. The number of carbonyl (C=O) groups excluding carboxylic acids is 2. The highest BCUT2D eigenvalue weighted by atomic mass is 16.2. The molecule has 5 heteroatoms. The highest BCUT2D eigenvalue weighted by Crippen LogP contribution is 2.19. The number of nitrogens with one attached hydrogen (secondary N) is 2. The Balaban J connectivity index is 2.62. The molecule has 0 aromatic heterocycles. The Bertz CT molecular complexity index is 489. The Kier molecular flexibility index (Phi) is 5.90. The largest absolute Gasteiger partial charge is 0.326 e. The maximum atomic E-state index is 11.9. The average molecular weight is 291 g/mol. The molecule has 0 saturated carbocycles. The molecule has 4 N–H and O–H groups in total. The number of nitrogens with two attached hydrogens (primary N) is 1. The van der Waals surface area contributed by atoms with E-state index in [0.29, 0.717) is 17.8 Å². The van der Waals surface area contributed by atoms with Gasteiger partial charge < -0.3 is 16.4 Å². The number of carbonyl (C=O) groups is 2. The van der Waals surface area contributed by atoms with Crippen molar-refractivity contribution < 1.29 is 9.59 Å². The minimum atomic E-state index is -0.490. The van der Waals surface area contributed by atoms with Crippen molar-refractivity contribution in [2.45, 2.75) is 46.6 Å². The average Bonchev–Trinajstić information content (AvgIpc) is 2.40. The summed E-state index contributed by atoms with van der Waals surface area (Å²) in [6.07, 6.45) is 1.53. The number of hydrogen-bond donors (Lipinski definition) is 3. The minimum Gasteiger partial charge on any atom is -0.326 e. The second-order valence-corrected chi connectivity index (χ2v) is 6.17. The van der Waals surface area contributed by atoms with Crippen LogP contribution < -0.4 is 16.4 Å². The summed E-state index contributed by atoms with van der Waals surface area (Å²) in [5.74, 6) is -0.243. The number of benzene rings is 1. The molecule has 1 atom stereocenters. The fourth-order valence-electron chi connectivity index (χ4n) is 1.63. The van der Waals surface area contributed by atoms with Gasteiger partial charge in [0.2, 0.25) is 11.8 Å². The maximum absolute atomic E-state index is 11.9. The summed E-state index contributed by atoms with van der Waals surface area (Å²) in [6, 6.07) is 6.51. The van der Waals surface area contributed by atoms with Crippen LogP contribution in [0.25, 0.3) is 0 Å². The van der Waals surface area contributed by atoms with Crippen LogP contribution in [0.5, 0.6) is 0 Å². The topological polar surface area (TPSA) is 84.2 Å². The van der Waals surface area contributed by atoms with Crippen molar-refractivity contribution in [3.05, 3.63) is 24.3 Å². The predicted molar refractivity (Wildman–Crippen MR) is 86.0 cm³/mol. The van der Waals surface area contributed by atoms with E-state index in [-0.39, 0.29) is 11.8 Å². The fraction of sp³-hybridized carbons (Fsp3) is 0.500. The van der Waals surface area contributed by atoms with Crippen molar-refractivity contribution in [2.75, 3.05) is 10.6 Å². The van der Waals surface area contributed by atoms with Crippen LogP contribution in [0.2, 0.25) is 0 Å². The van der Waals surface area contributed by atoms with Gasteiger partial charge in [0.05, 0.1) is 6.04 Å². The summed E-state index contributed by atoms with van der Waals surface area (Å²) in [6.45, 7) is 7.55. The molecule has 0 saturated heterocycles. The summed E-state index contributed by atoms with van der Waals surface area (Å²) in [5, 5.41) is 5.59. The number of anilines is 2. The Morgan fingerprint density at radius 1 is 1.10 bits per heavy atom. The van der Waals surface area contributed by atoms with Crippen molar-refractivity contribution in [2.24, 2.45) is 11.1 Å². The van der Waals surface area contributed by atoms with E-state index in [1.807, 2.05) is 27.7 Å². The number of rotatable bonds is 5. The third-order valence-electron chi connectivity index (χ3n) is 3.03. The van der Waals surface area contributed by atoms with Gasteiger partial charge in [0, 0.05) is 16.8 Å². The molecule has 1 rings (SSSR count). The molecule has 0 fully saturated rings. The van der Waals surface area contributed by atoms with Gasteiger partial charge in [0.1, 0.15) is 0 Å². The van der Waals surface area contributed by atoms with E-state index in [1.54, 1.807) is 24.3 Å². The van der Waals surface area contributed by atoms with Gasteiger partial charge in [-0.1, -0.05) is 34.1 Å². The summed E-state index contributed by atoms with van der Waals surface area (Å²) >= 11 is 0. The Morgan fingerprint density at radius 2 is 1.57 bits per heavy atom. The quantitative estimate of drug-likeness (QED) is 0.780. The molecule has 0 heterocycles. The molecule has 116 valence electrons. The smallest absolute Gasteiger partial charge is 0.241 e. The van der Waals surface area contributed by atoms with Crippen LogP contribution in [0.15, 0.2) is 24.3 Å². The highest BCUT2D eigenvalue weighted by molar-refractivity contribution is 5.96. The molecular weight excluding hydrogens is 266 g/mol. The van der Waals surface area contributed by atoms with Crippen LogP contribution in [0.1, 0.15) is 40.5 Å².